The first-order valence-electron chi connectivity index (χ1n) is 20.4. The average molecular weight is 813 g/mol. The molecule has 3 heterocycles. The van der Waals surface area contributed by atoms with E-state index in [2.05, 4.69) is 4.99 Å². The summed E-state index contributed by atoms with van der Waals surface area (Å²) in [6, 6.07) is 12.5. The second-order valence-electron chi connectivity index (χ2n) is 14.6. The van der Waals surface area contributed by atoms with E-state index in [1.807, 2.05) is 35.4 Å². The van der Waals surface area contributed by atoms with Gasteiger partial charge in [-0.25, -0.2) is 0 Å². The average Bonchev–Trinajstić information content (AvgIpc) is 3.71. The van der Waals surface area contributed by atoms with Gasteiger partial charge in [0.2, 0.25) is 11.7 Å². The van der Waals surface area contributed by atoms with Gasteiger partial charge in [0.05, 0.1) is 66.1 Å². The monoisotopic (exact) mass is 812 g/mol. The zero-order valence-corrected chi connectivity index (χ0v) is 34.8. The zero-order valence-electron chi connectivity index (χ0n) is 34.8. The lowest BCUT2D eigenvalue weighted by Crippen LogP contribution is -2.50. The van der Waals surface area contributed by atoms with Crippen molar-refractivity contribution in [3.8, 4) is 40.2 Å². The van der Waals surface area contributed by atoms with Crippen molar-refractivity contribution >= 4 is 35.7 Å². The normalized spacial score (nSPS) is 16.1. The van der Waals surface area contributed by atoms with Crippen LogP contribution in [0, 0.1) is 0 Å². The van der Waals surface area contributed by atoms with E-state index >= 15 is 0 Å². The molecule has 3 aromatic carbocycles. The molecular weight excluding hydrogens is 757 g/mol. The summed E-state index contributed by atoms with van der Waals surface area (Å²) in [5.41, 5.74) is 2.43. The fourth-order valence-corrected chi connectivity index (χ4v) is 7.59. The van der Waals surface area contributed by atoms with Gasteiger partial charge >= 0.3 is 0 Å². The molecule has 0 spiro atoms. The van der Waals surface area contributed by atoms with Gasteiger partial charge in [-0.2, -0.15) is 0 Å². The van der Waals surface area contributed by atoms with E-state index in [4.69, 9.17) is 33.2 Å². The highest BCUT2D eigenvalue weighted by Crippen LogP contribution is 2.40. The van der Waals surface area contributed by atoms with E-state index in [-0.39, 0.29) is 23.8 Å². The number of unbranched alkanes of at least 4 members (excludes halogenated alkanes) is 5. The molecule has 3 aromatic rings. The van der Waals surface area contributed by atoms with Gasteiger partial charge in [0.15, 0.2) is 34.5 Å². The van der Waals surface area contributed by atoms with Crippen LogP contribution in [0.1, 0.15) is 77.6 Å². The van der Waals surface area contributed by atoms with Gasteiger partial charge in [-0.05, 0) is 67.7 Å². The van der Waals surface area contributed by atoms with Gasteiger partial charge in [-0.15, -0.1) is 0 Å². The molecule has 2 saturated heterocycles. The highest BCUT2D eigenvalue weighted by molar-refractivity contribution is 6.03. The standard InChI is InChI=1S/C45H56N4O10/c1-53-37-25-31(15-17-42(50)47-19-21-48(22-20-47)44(51)32-26-40(55-3)43(57-5)41(27-32)56-4)14-16-36(37)58-23-10-8-6-7-9-11-24-59-39-29-35-34(28-38(39)54-2)45(52)49-18-12-13-33(49)30-46-35/h14-17,25-30,33H,6-13,18-24H2,1-5H3/t33-/m0/s1. The molecule has 0 radical (unpaired) electrons. The Balaban J connectivity index is 0.872. The fraction of sp³-hybridized carbons (Fsp3) is 0.467. The molecule has 316 valence electrons. The Morgan fingerprint density at radius 2 is 1.29 bits per heavy atom. The van der Waals surface area contributed by atoms with Gasteiger partial charge in [0, 0.05) is 56.6 Å². The van der Waals surface area contributed by atoms with Crippen LogP contribution < -0.4 is 33.2 Å². The van der Waals surface area contributed by atoms with Crippen LogP contribution in [0.2, 0.25) is 0 Å². The third-order valence-corrected chi connectivity index (χ3v) is 10.9. The van der Waals surface area contributed by atoms with Gasteiger partial charge < -0.3 is 47.9 Å². The van der Waals surface area contributed by atoms with Crippen molar-refractivity contribution in [2.45, 2.75) is 57.4 Å². The maximum Gasteiger partial charge on any atom is 0.256 e. The molecule has 0 saturated carbocycles. The van der Waals surface area contributed by atoms with Crippen molar-refractivity contribution < 1.29 is 47.5 Å². The van der Waals surface area contributed by atoms with Gasteiger partial charge in [-0.1, -0.05) is 31.7 Å². The molecule has 3 amide bonds. The lowest BCUT2D eigenvalue weighted by Gasteiger charge is -2.34. The summed E-state index contributed by atoms with van der Waals surface area (Å²) < 4.78 is 39.5. The Morgan fingerprint density at radius 3 is 1.93 bits per heavy atom. The number of hydrogen-bond acceptors (Lipinski definition) is 11. The van der Waals surface area contributed by atoms with Gasteiger partial charge in [0.1, 0.15) is 0 Å². The van der Waals surface area contributed by atoms with Gasteiger partial charge in [-0.3, -0.25) is 19.4 Å². The zero-order chi connectivity index (χ0) is 41.7. The second kappa shape index (κ2) is 20.7. The first-order valence-corrected chi connectivity index (χ1v) is 20.4. The van der Waals surface area contributed by atoms with Crippen molar-refractivity contribution in [3.63, 3.8) is 0 Å². The van der Waals surface area contributed by atoms with E-state index in [1.165, 1.54) is 21.3 Å². The van der Waals surface area contributed by atoms with Crippen molar-refractivity contribution in [3.05, 3.63) is 65.2 Å². The molecule has 14 nitrogen and oxygen atoms in total. The van der Waals surface area contributed by atoms with Crippen molar-refractivity contribution in [2.24, 2.45) is 4.99 Å². The maximum absolute atomic E-state index is 13.3. The Labute approximate surface area is 346 Å². The third-order valence-electron chi connectivity index (χ3n) is 10.9. The van der Waals surface area contributed by atoms with Crippen molar-refractivity contribution in [2.75, 3.05) is 81.5 Å². The van der Waals surface area contributed by atoms with Crippen LogP contribution in [0.25, 0.3) is 6.08 Å². The maximum atomic E-state index is 13.3. The number of fused-ring (bicyclic) bond motifs is 2. The molecule has 59 heavy (non-hydrogen) atoms. The van der Waals surface area contributed by atoms with E-state index in [0.717, 1.165) is 63.5 Å². The highest BCUT2D eigenvalue weighted by Gasteiger charge is 2.33. The summed E-state index contributed by atoms with van der Waals surface area (Å²) in [7, 11) is 7.72. The van der Waals surface area contributed by atoms with E-state index < -0.39 is 0 Å². The predicted molar refractivity (Wildman–Crippen MR) is 225 cm³/mol. The van der Waals surface area contributed by atoms with Crippen LogP contribution >= 0.6 is 0 Å². The minimum absolute atomic E-state index is 0.00115. The smallest absolute Gasteiger partial charge is 0.256 e. The molecule has 0 N–H and O–H groups in total. The number of benzene rings is 3. The van der Waals surface area contributed by atoms with E-state index in [9.17, 15) is 14.4 Å². The number of aliphatic imine (C=N–C) groups is 1. The largest absolute Gasteiger partial charge is 0.493 e. The molecule has 0 bridgehead atoms. The molecule has 3 aliphatic rings. The Kier molecular flexibility index (Phi) is 15.0. The highest BCUT2D eigenvalue weighted by atomic mass is 16.5. The first-order chi connectivity index (χ1) is 28.8. The minimum Gasteiger partial charge on any atom is -0.493 e. The molecule has 0 aromatic heterocycles. The quantitative estimate of drug-likeness (QED) is 0.0934. The first kappa shape index (κ1) is 42.7. The number of rotatable bonds is 19. The second-order valence-corrected chi connectivity index (χ2v) is 14.6. The number of carbonyl (C=O) groups is 3. The summed E-state index contributed by atoms with van der Waals surface area (Å²) in [5.74, 6) is 3.36. The molecule has 2 fully saturated rings. The van der Waals surface area contributed by atoms with E-state index in [0.29, 0.717) is 96.5 Å². The lowest BCUT2D eigenvalue weighted by molar-refractivity contribution is -0.127. The summed E-state index contributed by atoms with van der Waals surface area (Å²) in [5, 5.41) is 0. The number of methoxy groups -OCH3 is 5. The number of nitrogens with zero attached hydrogens (tertiary/aromatic N) is 4. The Bertz CT molecular complexity index is 1980. The number of hydrogen-bond donors (Lipinski definition) is 0. The third kappa shape index (κ3) is 10.4. The van der Waals surface area contributed by atoms with E-state index in [1.54, 1.807) is 54.4 Å². The molecule has 6 rings (SSSR count). The lowest BCUT2D eigenvalue weighted by atomic mass is 10.1. The van der Waals surface area contributed by atoms with Crippen LogP contribution in [0.5, 0.6) is 40.2 Å². The number of amides is 3. The molecule has 14 heteroatoms. The predicted octanol–water partition coefficient (Wildman–Crippen LogP) is 6.85. The molecule has 3 aliphatic heterocycles. The van der Waals surface area contributed by atoms with Crippen LogP contribution in [-0.2, 0) is 4.79 Å². The van der Waals surface area contributed by atoms with Crippen LogP contribution in [-0.4, -0.2) is 126 Å². The summed E-state index contributed by atoms with van der Waals surface area (Å²) in [6.07, 6.45) is 13.2. The molecule has 0 unspecified atom stereocenters. The van der Waals surface area contributed by atoms with Crippen LogP contribution in [0.4, 0.5) is 5.69 Å². The number of piperazine rings is 1. The van der Waals surface area contributed by atoms with Crippen LogP contribution in [0.3, 0.4) is 0 Å². The Hall–Kier alpha value is -5.92. The number of carbonyl (C=O) groups excluding carboxylic acids is 3. The van der Waals surface area contributed by atoms with Crippen LogP contribution in [0.15, 0.2) is 53.5 Å². The minimum atomic E-state index is -0.171. The summed E-state index contributed by atoms with van der Waals surface area (Å²) >= 11 is 0. The SMILES string of the molecule is COc1cc(C=CC(=O)N2CCN(C(=O)c3cc(OC)c(OC)c(OC)c3)CC2)ccc1OCCCCCCCCOc1cc2c(cc1OC)C(=O)N1CCC[C@H]1C=N2. The fourth-order valence-electron chi connectivity index (χ4n) is 7.59. The van der Waals surface area contributed by atoms with Crippen molar-refractivity contribution in [1.29, 1.82) is 0 Å². The van der Waals surface area contributed by atoms with Crippen molar-refractivity contribution in [1.82, 2.24) is 14.7 Å². The molecule has 1 atom stereocenters. The molecule has 0 aliphatic carbocycles. The summed E-state index contributed by atoms with van der Waals surface area (Å²) in [6.45, 7) is 3.51. The number of ether oxygens (including phenoxy) is 7. The topological polar surface area (TPSA) is 138 Å². The van der Waals surface area contributed by atoms with Gasteiger partial charge in [0.25, 0.3) is 11.8 Å². The Morgan fingerprint density at radius 1 is 0.678 bits per heavy atom. The molecular formula is C45H56N4O10. The summed E-state index contributed by atoms with van der Waals surface area (Å²) in [4.78, 5) is 49.4.